The number of carbonyl (C=O) groups is 2. The number of hydrogen-bond donors (Lipinski definition) is 1. The zero-order chi connectivity index (χ0) is 24.8. The maximum atomic E-state index is 13.2. The summed E-state index contributed by atoms with van der Waals surface area (Å²) in [7, 11) is -3.71. The minimum absolute atomic E-state index is 0.197. The third kappa shape index (κ3) is 6.61. The molecule has 0 aliphatic carbocycles. The third-order valence-electron chi connectivity index (χ3n) is 5.77. The molecule has 0 saturated carbocycles. The summed E-state index contributed by atoms with van der Waals surface area (Å²) in [6.45, 7) is 2.50. The molecule has 1 fully saturated rings. The smallest absolute Gasteiger partial charge is 0.256 e. The number of carbonyl (C=O) groups excluding carboxylic acids is 2. The molecule has 1 aliphatic heterocycles. The fraction of sp³-hybridized carbons (Fsp3) is 0.231. The molecule has 0 atom stereocenters. The quantitative estimate of drug-likeness (QED) is 0.520. The normalized spacial score (nSPS) is 14.0. The van der Waals surface area contributed by atoms with Gasteiger partial charge in [-0.2, -0.15) is 0 Å². The van der Waals surface area contributed by atoms with Gasteiger partial charge in [-0.05, 0) is 42.0 Å². The Labute approximate surface area is 210 Å². The van der Waals surface area contributed by atoms with Crippen molar-refractivity contribution in [2.45, 2.75) is 5.75 Å². The topological polar surface area (TPSA) is 86.8 Å². The number of piperazine rings is 1. The third-order valence-corrected chi connectivity index (χ3v) is 7.50. The minimum atomic E-state index is -3.71. The lowest BCUT2D eigenvalue weighted by molar-refractivity contribution is -0.113. The number of benzene rings is 3. The molecule has 2 amide bonds. The van der Waals surface area contributed by atoms with Crippen LogP contribution in [0.2, 0.25) is 5.02 Å². The van der Waals surface area contributed by atoms with Crippen LogP contribution >= 0.6 is 11.6 Å². The summed E-state index contributed by atoms with van der Waals surface area (Å²) >= 11 is 5.84. The van der Waals surface area contributed by atoms with Crippen LogP contribution in [0.3, 0.4) is 0 Å². The summed E-state index contributed by atoms with van der Waals surface area (Å²) < 4.78 is 25.1. The van der Waals surface area contributed by atoms with Crippen LogP contribution in [0.1, 0.15) is 15.9 Å². The van der Waals surface area contributed by atoms with Gasteiger partial charge >= 0.3 is 0 Å². The highest BCUT2D eigenvalue weighted by atomic mass is 35.5. The Hall–Kier alpha value is -3.36. The highest BCUT2D eigenvalue weighted by molar-refractivity contribution is 7.91. The van der Waals surface area contributed by atoms with Gasteiger partial charge in [0.05, 0.1) is 17.0 Å². The molecule has 0 spiro atoms. The van der Waals surface area contributed by atoms with Gasteiger partial charge in [0.1, 0.15) is 5.75 Å². The molecular formula is C26H26ClN3O4S. The molecule has 9 heteroatoms. The molecule has 0 bridgehead atoms. The first kappa shape index (κ1) is 24.8. The standard InChI is InChI=1S/C26H26ClN3O4S/c27-21-12-10-20(11-13-21)18-35(33,34)19-25(31)28-24-9-5-4-8-23(24)26(32)30-16-14-29(15-17-30)22-6-2-1-3-7-22/h1-13H,14-19H2,(H,28,31). The largest absolute Gasteiger partial charge is 0.368 e. The second-order valence-corrected chi connectivity index (χ2v) is 10.9. The SMILES string of the molecule is O=C(CS(=O)(=O)Cc1ccc(Cl)cc1)Nc1ccccc1C(=O)N1CCN(c2ccccc2)CC1. The number of rotatable bonds is 7. The second-order valence-electron chi connectivity index (χ2n) is 8.37. The number of hydrogen-bond acceptors (Lipinski definition) is 5. The van der Waals surface area contributed by atoms with E-state index in [1.165, 1.54) is 0 Å². The Bertz CT molecular complexity index is 1290. The fourth-order valence-electron chi connectivity index (χ4n) is 4.03. The van der Waals surface area contributed by atoms with E-state index in [2.05, 4.69) is 10.2 Å². The van der Waals surface area contributed by atoms with Gasteiger partial charge in [0.25, 0.3) is 5.91 Å². The van der Waals surface area contributed by atoms with Crippen LogP contribution in [-0.2, 0) is 20.4 Å². The molecule has 3 aromatic rings. The van der Waals surface area contributed by atoms with E-state index in [-0.39, 0.29) is 11.7 Å². The number of sulfone groups is 1. The first-order chi connectivity index (χ1) is 16.8. The summed E-state index contributed by atoms with van der Waals surface area (Å²) in [4.78, 5) is 29.8. The van der Waals surface area contributed by atoms with E-state index in [0.717, 1.165) is 5.69 Å². The van der Waals surface area contributed by atoms with E-state index in [1.807, 2.05) is 30.3 Å². The van der Waals surface area contributed by atoms with Gasteiger partial charge < -0.3 is 15.1 Å². The number of amides is 2. The average molecular weight is 512 g/mol. The second kappa shape index (κ2) is 10.9. The minimum Gasteiger partial charge on any atom is -0.368 e. The first-order valence-corrected chi connectivity index (χ1v) is 13.4. The van der Waals surface area contributed by atoms with Gasteiger partial charge in [0.15, 0.2) is 9.84 Å². The summed E-state index contributed by atoms with van der Waals surface area (Å²) in [5, 5.41) is 3.13. The molecule has 4 rings (SSSR count). The molecule has 0 aromatic heterocycles. The number of nitrogens with one attached hydrogen (secondary N) is 1. The number of anilines is 2. The molecule has 3 aromatic carbocycles. The van der Waals surface area contributed by atoms with Crippen LogP contribution in [0.15, 0.2) is 78.9 Å². The zero-order valence-corrected chi connectivity index (χ0v) is 20.6. The van der Waals surface area contributed by atoms with Crippen molar-refractivity contribution in [2.24, 2.45) is 0 Å². The van der Waals surface area contributed by atoms with E-state index in [0.29, 0.717) is 48.0 Å². The van der Waals surface area contributed by atoms with E-state index in [9.17, 15) is 18.0 Å². The Kier molecular flexibility index (Phi) is 7.73. The molecule has 7 nitrogen and oxygen atoms in total. The fourth-order valence-corrected chi connectivity index (χ4v) is 5.43. The van der Waals surface area contributed by atoms with Crippen molar-refractivity contribution >= 4 is 44.6 Å². The van der Waals surface area contributed by atoms with Crippen molar-refractivity contribution in [1.82, 2.24) is 4.90 Å². The van der Waals surface area contributed by atoms with Gasteiger partial charge in [-0.15, -0.1) is 0 Å². The van der Waals surface area contributed by atoms with Gasteiger partial charge in [0, 0.05) is 36.9 Å². The van der Waals surface area contributed by atoms with Gasteiger partial charge in [-0.1, -0.05) is 54.1 Å². The van der Waals surface area contributed by atoms with E-state index in [1.54, 1.807) is 53.4 Å². The first-order valence-electron chi connectivity index (χ1n) is 11.2. The van der Waals surface area contributed by atoms with Crippen LogP contribution in [0.25, 0.3) is 0 Å². The summed E-state index contributed by atoms with van der Waals surface area (Å²) in [6, 6.07) is 23.1. The summed E-state index contributed by atoms with van der Waals surface area (Å²) in [6.07, 6.45) is 0. The van der Waals surface area contributed by atoms with Crippen LogP contribution in [0.4, 0.5) is 11.4 Å². The molecule has 0 radical (unpaired) electrons. The molecule has 35 heavy (non-hydrogen) atoms. The van der Waals surface area contributed by atoms with Crippen LogP contribution in [0, 0.1) is 0 Å². The summed E-state index contributed by atoms with van der Waals surface area (Å²) in [5.74, 6) is -1.84. The number of nitrogens with zero attached hydrogens (tertiary/aromatic N) is 2. The predicted octanol–water partition coefficient (Wildman–Crippen LogP) is 3.86. The van der Waals surface area contributed by atoms with Crippen molar-refractivity contribution in [2.75, 3.05) is 42.1 Å². The van der Waals surface area contributed by atoms with Crippen molar-refractivity contribution in [3.63, 3.8) is 0 Å². The highest BCUT2D eigenvalue weighted by Crippen LogP contribution is 2.21. The van der Waals surface area contributed by atoms with Crippen molar-refractivity contribution in [3.8, 4) is 0 Å². The van der Waals surface area contributed by atoms with Gasteiger partial charge in [-0.3, -0.25) is 9.59 Å². The monoisotopic (exact) mass is 511 g/mol. The lowest BCUT2D eigenvalue weighted by Crippen LogP contribution is -2.49. The molecule has 1 heterocycles. The Morgan fingerprint density at radius 2 is 1.46 bits per heavy atom. The summed E-state index contributed by atoms with van der Waals surface area (Å²) in [5.41, 5.74) is 2.30. The lowest BCUT2D eigenvalue weighted by Gasteiger charge is -2.36. The van der Waals surface area contributed by atoms with E-state index in [4.69, 9.17) is 11.6 Å². The Morgan fingerprint density at radius 3 is 2.14 bits per heavy atom. The van der Waals surface area contributed by atoms with Crippen LogP contribution < -0.4 is 10.2 Å². The molecular weight excluding hydrogens is 486 g/mol. The predicted molar refractivity (Wildman–Crippen MR) is 139 cm³/mol. The van der Waals surface area contributed by atoms with E-state index >= 15 is 0 Å². The van der Waals surface area contributed by atoms with Crippen molar-refractivity contribution in [3.05, 3.63) is 95.0 Å². The maximum Gasteiger partial charge on any atom is 0.256 e. The highest BCUT2D eigenvalue weighted by Gasteiger charge is 2.25. The Morgan fingerprint density at radius 1 is 0.829 bits per heavy atom. The molecule has 1 aliphatic rings. The van der Waals surface area contributed by atoms with Gasteiger partial charge in [0.2, 0.25) is 5.91 Å². The molecule has 1 saturated heterocycles. The maximum absolute atomic E-state index is 13.2. The van der Waals surface area contributed by atoms with Crippen molar-refractivity contribution < 1.29 is 18.0 Å². The van der Waals surface area contributed by atoms with Crippen molar-refractivity contribution in [1.29, 1.82) is 0 Å². The lowest BCUT2D eigenvalue weighted by atomic mass is 10.1. The molecule has 1 N–H and O–H groups in total. The average Bonchev–Trinajstić information content (AvgIpc) is 2.85. The molecule has 0 unspecified atom stereocenters. The van der Waals surface area contributed by atoms with E-state index < -0.39 is 21.5 Å². The van der Waals surface area contributed by atoms with Crippen LogP contribution in [0.5, 0.6) is 0 Å². The number of halogens is 1. The van der Waals surface area contributed by atoms with Crippen LogP contribution in [-0.4, -0.2) is 57.1 Å². The zero-order valence-electron chi connectivity index (χ0n) is 19.1. The number of para-hydroxylation sites is 2. The molecule has 182 valence electrons. The van der Waals surface area contributed by atoms with Gasteiger partial charge in [-0.25, -0.2) is 8.42 Å². The Balaban J connectivity index is 1.38.